The lowest BCUT2D eigenvalue weighted by molar-refractivity contribution is -0.113. The molecular weight excluding hydrogens is 356 g/mol. The van der Waals surface area contributed by atoms with Crippen molar-refractivity contribution in [1.29, 1.82) is 0 Å². The third-order valence-electron chi connectivity index (χ3n) is 4.03. The van der Waals surface area contributed by atoms with Crippen LogP contribution in [0, 0.1) is 0 Å². The SMILES string of the molecule is O=C1C(=Cc2ccccc2O)SC(=Nc2ccccc2)N1c1ccccc1. The van der Waals surface area contributed by atoms with Gasteiger partial charge >= 0.3 is 0 Å². The van der Waals surface area contributed by atoms with Crippen molar-refractivity contribution in [3.8, 4) is 5.75 Å². The van der Waals surface area contributed by atoms with Crippen LogP contribution in [0.2, 0.25) is 0 Å². The van der Waals surface area contributed by atoms with Crippen molar-refractivity contribution in [3.63, 3.8) is 0 Å². The Morgan fingerprint density at radius 1 is 0.852 bits per heavy atom. The number of phenols is 1. The van der Waals surface area contributed by atoms with E-state index in [-0.39, 0.29) is 11.7 Å². The van der Waals surface area contributed by atoms with E-state index in [0.29, 0.717) is 15.6 Å². The van der Waals surface area contributed by atoms with Gasteiger partial charge in [-0.1, -0.05) is 54.6 Å². The lowest BCUT2D eigenvalue weighted by Crippen LogP contribution is -2.28. The molecule has 1 saturated heterocycles. The Morgan fingerprint density at radius 3 is 2.19 bits per heavy atom. The predicted octanol–water partition coefficient (Wildman–Crippen LogP) is 5.20. The van der Waals surface area contributed by atoms with Crippen molar-refractivity contribution in [2.75, 3.05) is 4.90 Å². The topological polar surface area (TPSA) is 52.9 Å². The van der Waals surface area contributed by atoms with Gasteiger partial charge in [0.05, 0.1) is 16.3 Å². The van der Waals surface area contributed by atoms with Gasteiger partial charge in [-0.2, -0.15) is 0 Å². The van der Waals surface area contributed by atoms with Crippen LogP contribution in [-0.2, 0) is 4.79 Å². The van der Waals surface area contributed by atoms with Gasteiger partial charge in [-0.3, -0.25) is 9.69 Å². The molecule has 3 aromatic rings. The summed E-state index contributed by atoms with van der Waals surface area (Å²) < 4.78 is 0. The summed E-state index contributed by atoms with van der Waals surface area (Å²) in [7, 11) is 0. The van der Waals surface area contributed by atoms with Crippen molar-refractivity contribution in [2.24, 2.45) is 4.99 Å². The summed E-state index contributed by atoms with van der Waals surface area (Å²) in [6.45, 7) is 0. The number of aromatic hydroxyl groups is 1. The van der Waals surface area contributed by atoms with Crippen molar-refractivity contribution in [3.05, 3.63) is 95.4 Å². The maximum Gasteiger partial charge on any atom is 0.271 e. The summed E-state index contributed by atoms with van der Waals surface area (Å²) >= 11 is 1.30. The summed E-state index contributed by atoms with van der Waals surface area (Å²) in [6.07, 6.45) is 1.70. The lowest BCUT2D eigenvalue weighted by Gasteiger charge is -2.15. The molecule has 1 heterocycles. The van der Waals surface area contributed by atoms with Crippen LogP contribution in [0.25, 0.3) is 6.08 Å². The van der Waals surface area contributed by atoms with Crippen LogP contribution < -0.4 is 4.90 Å². The number of phenolic OH excluding ortho intramolecular Hbond substituents is 1. The molecule has 1 aliphatic rings. The zero-order chi connectivity index (χ0) is 18.6. The van der Waals surface area contributed by atoms with Gasteiger partial charge in [0.25, 0.3) is 5.91 Å². The van der Waals surface area contributed by atoms with Crippen LogP contribution in [0.15, 0.2) is 94.8 Å². The molecule has 0 radical (unpaired) electrons. The number of hydrogen-bond acceptors (Lipinski definition) is 4. The fourth-order valence-electron chi connectivity index (χ4n) is 2.72. The molecule has 4 rings (SSSR count). The number of anilines is 1. The first-order valence-electron chi connectivity index (χ1n) is 8.43. The molecule has 5 heteroatoms. The van der Waals surface area contributed by atoms with Crippen LogP contribution in [0.5, 0.6) is 5.75 Å². The Balaban J connectivity index is 1.79. The van der Waals surface area contributed by atoms with Crippen LogP contribution in [0.4, 0.5) is 11.4 Å². The van der Waals surface area contributed by atoms with Crippen LogP contribution in [0.1, 0.15) is 5.56 Å². The molecule has 0 bridgehead atoms. The molecule has 4 nitrogen and oxygen atoms in total. The number of rotatable bonds is 3. The van der Waals surface area contributed by atoms with Gasteiger partial charge in [0.2, 0.25) is 0 Å². The average Bonchev–Trinajstić information content (AvgIpc) is 3.00. The zero-order valence-corrected chi connectivity index (χ0v) is 15.1. The minimum Gasteiger partial charge on any atom is -0.507 e. The van der Waals surface area contributed by atoms with Gasteiger partial charge in [0, 0.05) is 5.56 Å². The minimum atomic E-state index is -0.163. The predicted molar refractivity (Wildman–Crippen MR) is 111 cm³/mol. The Bertz CT molecular complexity index is 1030. The standard InChI is InChI=1S/C22H16N2O2S/c25-19-14-8-7-9-16(19)15-20-21(26)24(18-12-5-2-6-13-18)22(27-20)23-17-10-3-1-4-11-17/h1-15,25H. The van der Waals surface area contributed by atoms with Crippen molar-refractivity contribution >= 4 is 40.3 Å². The number of amidine groups is 1. The molecule has 1 amide bonds. The average molecular weight is 372 g/mol. The number of nitrogens with zero attached hydrogens (tertiary/aromatic N) is 2. The van der Waals surface area contributed by atoms with Crippen LogP contribution >= 0.6 is 11.8 Å². The van der Waals surface area contributed by atoms with Gasteiger partial charge in [-0.25, -0.2) is 4.99 Å². The molecule has 0 aliphatic carbocycles. The highest BCUT2D eigenvalue weighted by atomic mass is 32.2. The number of carbonyl (C=O) groups is 1. The molecule has 132 valence electrons. The molecule has 3 aromatic carbocycles. The fourth-order valence-corrected chi connectivity index (χ4v) is 3.71. The second-order valence-corrected chi connectivity index (χ2v) is 6.88. The number of carbonyl (C=O) groups excluding carboxylic acids is 1. The number of benzene rings is 3. The first-order chi connectivity index (χ1) is 13.2. The minimum absolute atomic E-state index is 0.137. The monoisotopic (exact) mass is 372 g/mol. The summed E-state index contributed by atoms with van der Waals surface area (Å²) in [5, 5.41) is 10.6. The van der Waals surface area contributed by atoms with Gasteiger partial charge in [0.1, 0.15) is 5.75 Å². The fraction of sp³-hybridized carbons (Fsp3) is 0. The molecular formula is C22H16N2O2S. The number of thioether (sulfide) groups is 1. The van der Waals surface area contributed by atoms with Gasteiger partial charge in [-0.05, 0) is 48.2 Å². The maximum absolute atomic E-state index is 13.1. The molecule has 0 atom stereocenters. The Morgan fingerprint density at radius 2 is 1.48 bits per heavy atom. The zero-order valence-electron chi connectivity index (χ0n) is 14.3. The van der Waals surface area contributed by atoms with E-state index >= 15 is 0 Å². The van der Waals surface area contributed by atoms with Gasteiger partial charge < -0.3 is 5.11 Å². The smallest absolute Gasteiger partial charge is 0.271 e. The molecule has 27 heavy (non-hydrogen) atoms. The normalized spacial score (nSPS) is 17.0. The largest absolute Gasteiger partial charge is 0.507 e. The van der Waals surface area contributed by atoms with Gasteiger partial charge in [0.15, 0.2) is 5.17 Å². The highest BCUT2D eigenvalue weighted by molar-refractivity contribution is 8.19. The lowest BCUT2D eigenvalue weighted by atomic mass is 10.2. The number of hydrogen-bond donors (Lipinski definition) is 1. The molecule has 0 spiro atoms. The van der Waals surface area contributed by atoms with Gasteiger partial charge in [-0.15, -0.1) is 0 Å². The third-order valence-corrected chi connectivity index (χ3v) is 4.99. The third kappa shape index (κ3) is 3.64. The molecule has 1 N–H and O–H groups in total. The first-order valence-corrected chi connectivity index (χ1v) is 9.25. The summed E-state index contributed by atoms with van der Waals surface area (Å²) in [6, 6.07) is 25.9. The quantitative estimate of drug-likeness (QED) is 0.643. The summed E-state index contributed by atoms with van der Waals surface area (Å²) in [4.78, 5) is 19.9. The molecule has 1 fully saturated rings. The number of amides is 1. The Labute approximate surface area is 161 Å². The molecule has 1 aliphatic heterocycles. The van der Waals surface area contributed by atoms with E-state index in [1.165, 1.54) is 11.8 Å². The van der Waals surface area contributed by atoms with E-state index in [9.17, 15) is 9.90 Å². The van der Waals surface area contributed by atoms with Crippen LogP contribution in [0.3, 0.4) is 0 Å². The van der Waals surface area contributed by atoms with Crippen LogP contribution in [-0.4, -0.2) is 16.2 Å². The second kappa shape index (κ2) is 7.51. The summed E-state index contributed by atoms with van der Waals surface area (Å²) in [5.41, 5.74) is 2.13. The molecule has 0 aromatic heterocycles. The van der Waals surface area contributed by atoms with E-state index in [0.717, 1.165) is 11.4 Å². The second-order valence-electron chi connectivity index (χ2n) is 5.88. The van der Waals surface area contributed by atoms with E-state index in [4.69, 9.17) is 0 Å². The first kappa shape index (κ1) is 17.1. The van der Waals surface area contributed by atoms with E-state index in [2.05, 4.69) is 4.99 Å². The highest BCUT2D eigenvalue weighted by Crippen LogP contribution is 2.38. The summed E-state index contributed by atoms with van der Waals surface area (Å²) in [5.74, 6) is -0.0257. The van der Waals surface area contributed by atoms with Crippen molar-refractivity contribution in [2.45, 2.75) is 0 Å². The highest BCUT2D eigenvalue weighted by Gasteiger charge is 2.34. The van der Waals surface area contributed by atoms with E-state index in [1.54, 1.807) is 29.2 Å². The van der Waals surface area contributed by atoms with Crippen molar-refractivity contribution in [1.82, 2.24) is 0 Å². The van der Waals surface area contributed by atoms with E-state index in [1.807, 2.05) is 66.7 Å². The maximum atomic E-state index is 13.1. The number of aliphatic imine (C=N–C) groups is 1. The Hall–Kier alpha value is -3.31. The van der Waals surface area contributed by atoms with Crippen molar-refractivity contribution < 1.29 is 9.90 Å². The molecule has 0 unspecified atom stereocenters. The Kier molecular flexibility index (Phi) is 4.77. The number of para-hydroxylation sites is 3. The van der Waals surface area contributed by atoms with E-state index < -0.39 is 0 Å². The molecule has 0 saturated carbocycles.